The van der Waals surface area contributed by atoms with E-state index in [1.54, 1.807) is 18.6 Å². The van der Waals surface area contributed by atoms with Gasteiger partial charge in [-0.25, -0.2) is 4.39 Å². The number of hydrogen-bond donors (Lipinski definition) is 2. The van der Waals surface area contributed by atoms with Gasteiger partial charge in [0.2, 0.25) is 0 Å². The number of carbonyl (C=O) groups excluding carboxylic acids is 1. The Morgan fingerprint density at radius 3 is 2.71 bits per heavy atom. The van der Waals surface area contributed by atoms with Crippen LogP contribution >= 0.6 is 0 Å². The highest BCUT2D eigenvalue weighted by atomic mass is 19.1. The zero-order valence-corrected chi connectivity index (χ0v) is 16.3. The highest BCUT2D eigenvalue weighted by Crippen LogP contribution is 2.37. The average molecular weight is 383 g/mol. The molecule has 7 heteroatoms. The number of hydrogen-bond acceptors (Lipinski definition) is 5. The van der Waals surface area contributed by atoms with Gasteiger partial charge in [-0.15, -0.1) is 0 Å². The van der Waals surface area contributed by atoms with Crippen molar-refractivity contribution >= 4 is 11.6 Å². The van der Waals surface area contributed by atoms with E-state index in [-0.39, 0.29) is 17.5 Å². The van der Waals surface area contributed by atoms with Crippen molar-refractivity contribution in [3.63, 3.8) is 0 Å². The van der Waals surface area contributed by atoms with Crippen molar-refractivity contribution in [3.05, 3.63) is 42.2 Å². The third-order valence-electron chi connectivity index (χ3n) is 5.69. The summed E-state index contributed by atoms with van der Waals surface area (Å²) in [4.78, 5) is 23.4. The molecular weight excluding hydrogens is 357 g/mol. The van der Waals surface area contributed by atoms with Gasteiger partial charge in [0.05, 0.1) is 17.4 Å². The minimum atomic E-state index is -0.425. The van der Waals surface area contributed by atoms with Gasteiger partial charge in [0.1, 0.15) is 5.82 Å². The monoisotopic (exact) mass is 383 g/mol. The zero-order valence-electron chi connectivity index (χ0n) is 16.3. The van der Waals surface area contributed by atoms with Crippen LogP contribution in [0, 0.1) is 11.7 Å². The van der Waals surface area contributed by atoms with Gasteiger partial charge in [-0.1, -0.05) is 0 Å². The molecule has 2 fully saturated rings. The van der Waals surface area contributed by atoms with Crippen molar-refractivity contribution in [3.8, 4) is 11.1 Å². The molecule has 2 aromatic heterocycles. The first-order valence-electron chi connectivity index (χ1n) is 9.78. The number of carbonyl (C=O) groups is 1. The Morgan fingerprint density at radius 1 is 1.32 bits per heavy atom. The molecule has 2 aromatic rings. The van der Waals surface area contributed by atoms with Gasteiger partial charge >= 0.3 is 0 Å². The molecule has 0 bridgehead atoms. The molecule has 1 aliphatic carbocycles. The smallest absolute Gasteiger partial charge is 0.255 e. The van der Waals surface area contributed by atoms with Crippen LogP contribution in [0.15, 0.2) is 30.9 Å². The number of aromatic nitrogens is 2. The van der Waals surface area contributed by atoms with Crippen LogP contribution in [0.5, 0.6) is 0 Å². The summed E-state index contributed by atoms with van der Waals surface area (Å²) >= 11 is 0. The summed E-state index contributed by atoms with van der Waals surface area (Å²) in [5, 5.41) is 3.11. The molecular formula is C21H26FN5O. The number of nitrogens with zero attached hydrogens (tertiary/aromatic N) is 3. The molecule has 0 spiro atoms. The largest absolute Gasteiger partial charge is 0.368 e. The number of rotatable bonds is 5. The van der Waals surface area contributed by atoms with Crippen molar-refractivity contribution in [1.82, 2.24) is 15.3 Å². The van der Waals surface area contributed by atoms with Gasteiger partial charge < -0.3 is 16.0 Å². The second-order valence-electron chi connectivity index (χ2n) is 8.40. The Morgan fingerprint density at radius 2 is 2.07 bits per heavy atom. The molecule has 1 aliphatic heterocycles. The van der Waals surface area contributed by atoms with Gasteiger partial charge in [-0.2, -0.15) is 0 Å². The maximum atomic E-state index is 13.8. The molecule has 3 heterocycles. The normalized spacial score (nSPS) is 22.9. The van der Waals surface area contributed by atoms with Crippen LogP contribution in [0.2, 0.25) is 0 Å². The zero-order chi connectivity index (χ0) is 19.9. The van der Waals surface area contributed by atoms with E-state index in [2.05, 4.69) is 20.2 Å². The van der Waals surface area contributed by atoms with Crippen molar-refractivity contribution in [2.45, 2.75) is 44.7 Å². The van der Waals surface area contributed by atoms with Gasteiger partial charge in [0.25, 0.3) is 5.91 Å². The van der Waals surface area contributed by atoms with Gasteiger partial charge in [-0.3, -0.25) is 14.8 Å². The van der Waals surface area contributed by atoms with E-state index >= 15 is 0 Å². The lowest BCUT2D eigenvalue weighted by molar-refractivity contribution is 0.0936. The third-order valence-corrected chi connectivity index (χ3v) is 5.69. The number of pyridine rings is 2. The third kappa shape index (κ3) is 3.85. The predicted octanol–water partition coefficient (Wildman–Crippen LogP) is 2.74. The van der Waals surface area contributed by atoms with Crippen LogP contribution < -0.4 is 16.0 Å². The van der Waals surface area contributed by atoms with Crippen LogP contribution in [0.3, 0.4) is 0 Å². The lowest BCUT2D eigenvalue weighted by Crippen LogP contribution is -2.40. The quantitative estimate of drug-likeness (QED) is 0.829. The Bertz CT molecular complexity index is 896. The standard InChI is InChI=1S/C21H26FN5O/c1-13(14-3-4-14)26-20(28)18-11-25-10-17(15-7-16(22)9-24-8-15)19(18)27-6-5-21(2,23)12-27/h7-11,13-14H,3-6,12,23H2,1-2H3,(H,26,28)/t13-,21-/m0/s1. The highest BCUT2D eigenvalue weighted by molar-refractivity contribution is 6.03. The summed E-state index contributed by atoms with van der Waals surface area (Å²) < 4.78 is 13.8. The van der Waals surface area contributed by atoms with Gasteiger partial charge in [-0.05, 0) is 45.1 Å². The fourth-order valence-electron chi connectivity index (χ4n) is 3.90. The van der Waals surface area contributed by atoms with E-state index in [1.165, 1.54) is 6.07 Å². The van der Waals surface area contributed by atoms with Crippen LogP contribution in [0.25, 0.3) is 11.1 Å². The molecule has 3 N–H and O–H groups in total. The Hall–Kier alpha value is -2.54. The maximum Gasteiger partial charge on any atom is 0.255 e. The van der Waals surface area contributed by atoms with Crippen LogP contribution in [0.4, 0.5) is 10.1 Å². The fourth-order valence-corrected chi connectivity index (χ4v) is 3.90. The molecule has 1 saturated carbocycles. The number of nitrogens with one attached hydrogen (secondary N) is 1. The summed E-state index contributed by atoms with van der Waals surface area (Å²) in [6.07, 6.45) is 9.13. The van der Waals surface area contributed by atoms with Crippen molar-refractivity contribution in [2.24, 2.45) is 11.7 Å². The average Bonchev–Trinajstić information content (AvgIpc) is 3.44. The SMILES string of the molecule is C[C@H](NC(=O)c1cncc(-c2cncc(F)c2)c1N1CC[C@](C)(N)C1)C1CC1. The molecule has 2 aliphatic rings. The summed E-state index contributed by atoms with van der Waals surface area (Å²) in [6, 6.07) is 1.54. The van der Waals surface area contributed by atoms with E-state index in [1.807, 2.05) is 13.8 Å². The molecule has 6 nitrogen and oxygen atoms in total. The second kappa shape index (κ2) is 7.13. The Labute approximate surface area is 164 Å². The van der Waals surface area contributed by atoms with Gasteiger partial charge in [0, 0.05) is 54.4 Å². The fraction of sp³-hybridized carbons (Fsp3) is 0.476. The van der Waals surface area contributed by atoms with Crippen molar-refractivity contribution < 1.29 is 9.18 Å². The second-order valence-corrected chi connectivity index (χ2v) is 8.40. The van der Waals surface area contributed by atoms with Crippen LogP contribution in [-0.2, 0) is 0 Å². The molecule has 148 valence electrons. The van der Waals surface area contributed by atoms with E-state index in [9.17, 15) is 9.18 Å². The molecule has 1 amide bonds. The van der Waals surface area contributed by atoms with E-state index in [0.29, 0.717) is 29.2 Å². The first-order valence-corrected chi connectivity index (χ1v) is 9.78. The summed E-state index contributed by atoms with van der Waals surface area (Å²) in [5.74, 6) is -0.0282. The topological polar surface area (TPSA) is 84.1 Å². The molecule has 1 saturated heterocycles. The Kier molecular flexibility index (Phi) is 4.79. The molecule has 0 aromatic carbocycles. The van der Waals surface area contributed by atoms with E-state index in [4.69, 9.17) is 5.73 Å². The molecule has 0 radical (unpaired) electrons. The van der Waals surface area contributed by atoms with E-state index in [0.717, 1.165) is 37.7 Å². The summed E-state index contributed by atoms with van der Waals surface area (Å²) in [5.41, 5.74) is 8.53. The van der Waals surface area contributed by atoms with Crippen molar-refractivity contribution in [1.29, 1.82) is 0 Å². The first kappa shape index (κ1) is 18.8. The molecule has 28 heavy (non-hydrogen) atoms. The molecule has 4 rings (SSSR count). The van der Waals surface area contributed by atoms with E-state index < -0.39 is 5.82 Å². The number of amides is 1. The number of nitrogens with two attached hydrogens (primary N) is 1. The summed E-state index contributed by atoms with van der Waals surface area (Å²) in [7, 11) is 0. The van der Waals surface area contributed by atoms with Crippen LogP contribution in [-0.4, -0.2) is 40.5 Å². The predicted molar refractivity (Wildman–Crippen MR) is 107 cm³/mol. The maximum absolute atomic E-state index is 13.8. The Balaban J connectivity index is 1.76. The first-order chi connectivity index (χ1) is 13.3. The number of anilines is 1. The minimum absolute atomic E-state index is 0.123. The highest BCUT2D eigenvalue weighted by Gasteiger charge is 2.35. The van der Waals surface area contributed by atoms with Gasteiger partial charge in [0.15, 0.2) is 0 Å². The number of halogens is 1. The minimum Gasteiger partial charge on any atom is -0.368 e. The molecule has 2 atom stereocenters. The lowest BCUT2D eigenvalue weighted by atomic mass is 10.0. The van der Waals surface area contributed by atoms with Crippen molar-refractivity contribution in [2.75, 3.05) is 18.0 Å². The molecule has 0 unspecified atom stereocenters. The van der Waals surface area contributed by atoms with Crippen LogP contribution in [0.1, 0.15) is 43.5 Å². The summed E-state index contributed by atoms with van der Waals surface area (Å²) in [6.45, 7) is 5.39. The lowest BCUT2D eigenvalue weighted by Gasteiger charge is -2.26.